The Morgan fingerprint density at radius 1 is 1.07 bits per heavy atom. The zero-order valence-corrected chi connectivity index (χ0v) is 16.8. The first-order valence-electron chi connectivity index (χ1n) is 10.3. The number of carbonyl (C=O) groups is 1. The summed E-state index contributed by atoms with van der Waals surface area (Å²) in [6, 6.07) is 15.2. The third-order valence-corrected chi connectivity index (χ3v) is 6.09. The number of hydrogen-bond donors (Lipinski definition) is 0. The van der Waals surface area contributed by atoms with Crippen LogP contribution in [0.1, 0.15) is 30.1 Å². The van der Waals surface area contributed by atoms with Gasteiger partial charge in [0.1, 0.15) is 0 Å². The Kier molecular flexibility index (Phi) is 5.74. The second-order valence-corrected chi connectivity index (χ2v) is 7.79. The second kappa shape index (κ2) is 8.60. The average Bonchev–Trinajstić information content (AvgIpc) is 3.34. The molecule has 2 fully saturated rings. The molecule has 0 bridgehead atoms. The molecule has 1 aliphatic heterocycles. The summed E-state index contributed by atoms with van der Waals surface area (Å²) in [4.78, 5) is 14.2. The van der Waals surface area contributed by atoms with Crippen LogP contribution in [0.15, 0.2) is 71.4 Å². The predicted octanol–water partition coefficient (Wildman–Crippen LogP) is 5.93. The van der Waals surface area contributed by atoms with Crippen molar-refractivity contribution in [2.45, 2.75) is 19.8 Å². The van der Waals surface area contributed by atoms with E-state index in [0.29, 0.717) is 23.8 Å². The first kappa shape index (κ1) is 19.4. The smallest absolute Gasteiger partial charge is 0.338 e. The van der Waals surface area contributed by atoms with Gasteiger partial charge >= 0.3 is 5.97 Å². The number of hydrogen-bond acceptors (Lipinski definition) is 5. The summed E-state index contributed by atoms with van der Waals surface area (Å²) in [6.45, 7) is 8.43. The van der Waals surface area contributed by atoms with Crippen molar-refractivity contribution in [2.24, 2.45) is 28.0 Å². The van der Waals surface area contributed by atoms with Gasteiger partial charge in [0.05, 0.1) is 23.5 Å². The number of carbonyl (C=O) groups excluding carboxylic acids is 1. The van der Waals surface area contributed by atoms with Crippen LogP contribution in [-0.2, 0) is 4.74 Å². The predicted molar refractivity (Wildman–Crippen MR) is 115 cm³/mol. The van der Waals surface area contributed by atoms with E-state index in [4.69, 9.17) is 4.74 Å². The third-order valence-electron chi connectivity index (χ3n) is 6.09. The van der Waals surface area contributed by atoms with Gasteiger partial charge < -0.3 is 9.64 Å². The lowest BCUT2D eigenvalue weighted by Gasteiger charge is -2.21. The highest BCUT2D eigenvalue weighted by Crippen LogP contribution is 2.44. The lowest BCUT2D eigenvalue weighted by Crippen LogP contribution is -2.21. The maximum absolute atomic E-state index is 11.7. The van der Waals surface area contributed by atoms with Crippen molar-refractivity contribution >= 4 is 23.0 Å². The molecule has 0 spiro atoms. The van der Waals surface area contributed by atoms with Crippen LogP contribution in [-0.4, -0.2) is 25.7 Å². The molecule has 5 nitrogen and oxygen atoms in total. The summed E-state index contributed by atoms with van der Waals surface area (Å²) in [5.41, 5.74) is 3.28. The van der Waals surface area contributed by atoms with Crippen molar-refractivity contribution in [3.05, 3.63) is 66.7 Å². The molecule has 0 amide bonds. The first-order valence-corrected chi connectivity index (χ1v) is 10.3. The van der Waals surface area contributed by atoms with Crippen molar-refractivity contribution in [1.82, 2.24) is 0 Å². The highest BCUT2D eigenvalue weighted by molar-refractivity contribution is 5.89. The SMILES string of the molecule is C=CC1CCC2CN(c3ccc(N=Nc4ccc(C(=O)OCC)cc4)cc3)CC12. The van der Waals surface area contributed by atoms with Crippen molar-refractivity contribution in [1.29, 1.82) is 0 Å². The highest BCUT2D eigenvalue weighted by atomic mass is 16.5. The lowest BCUT2D eigenvalue weighted by molar-refractivity contribution is 0.0526. The lowest BCUT2D eigenvalue weighted by atomic mass is 9.93. The van der Waals surface area contributed by atoms with Gasteiger partial charge in [0.15, 0.2) is 0 Å². The van der Waals surface area contributed by atoms with Crippen molar-refractivity contribution < 1.29 is 9.53 Å². The van der Waals surface area contributed by atoms with Gasteiger partial charge in [-0.05, 0) is 86.1 Å². The topological polar surface area (TPSA) is 54.3 Å². The third kappa shape index (κ3) is 4.24. The summed E-state index contributed by atoms with van der Waals surface area (Å²) in [5.74, 6) is 1.91. The van der Waals surface area contributed by atoms with Gasteiger partial charge in [0, 0.05) is 18.8 Å². The quantitative estimate of drug-likeness (QED) is 0.350. The van der Waals surface area contributed by atoms with E-state index >= 15 is 0 Å². The Morgan fingerprint density at radius 3 is 2.34 bits per heavy atom. The number of allylic oxidation sites excluding steroid dienone is 1. The van der Waals surface area contributed by atoms with Crippen LogP contribution in [0.4, 0.5) is 17.1 Å². The largest absolute Gasteiger partial charge is 0.462 e. The number of fused-ring (bicyclic) bond motifs is 1. The van der Waals surface area contributed by atoms with Crippen molar-refractivity contribution in [3.8, 4) is 0 Å². The van der Waals surface area contributed by atoms with Crippen LogP contribution >= 0.6 is 0 Å². The minimum absolute atomic E-state index is 0.322. The van der Waals surface area contributed by atoms with E-state index in [1.807, 2.05) is 12.1 Å². The molecule has 4 rings (SSSR count). The van der Waals surface area contributed by atoms with E-state index in [1.54, 1.807) is 31.2 Å². The van der Waals surface area contributed by atoms with Gasteiger partial charge in [-0.3, -0.25) is 0 Å². The molecule has 150 valence electrons. The number of benzene rings is 2. The minimum Gasteiger partial charge on any atom is -0.462 e. The first-order chi connectivity index (χ1) is 14.2. The molecule has 2 aromatic carbocycles. The Hall–Kier alpha value is -2.95. The molecular formula is C24H27N3O2. The fourth-order valence-electron chi connectivity index (χ4n) is 4.54. The van der Waals surface area contributed by atoms with E-state index < -0.39 is 0 Å². The molecule has 2 aliphatic rings. The van der Waals surface area contributed by atoms with Crippen LogP contribution in [0.25, 0.3) is 0 Å². The van der Waals surface area contributed by atoms with Crippen LogP contribution in [0.3, 0.4) is 0 Å². The summed E-state index contributed by atoms with van der Waals surface area (Å²) >= 11 is 0. The molecule has 1 saturated heterocycles. The van der Waals surface area contributed by atoms with E-state index in [2.05, 4.69) is 39.9 Å². The molecule has 3 unspecified atom stereocenters. The molecule has 0 N–H and O–H groups in total. The number of ether oxygens (including phenoxy) is 1. The van der Waals surface area contributed by atoms with Crippen molar-refractivity contribution in [3.63, 3.8) is 0 Å². The Labute approximate surface area is 172 Å². The number of nitrogens with zero attached hydrogens (tertiary/aromatic N) is 3. The average molecular weight is 389 g/mol. The molecule has 1 saturated carbocycles. The molecule has 1 aliphatic carbocycles. The number of anilines is 1. The second-order valence-electron chi connectivity index (χ2n) is 7.79. The molecular weight excluding hydrogens is 362 g/mol. The molecule has 0 aromatic heterocycles. The summed E-state index contributed by atoms with van der Waals surface area (Å²) in [6.07, 6.45) is 4.77. The minimum atomic E-state index is -0.322. The number of esters is 1. The van der Waals surface area contributed by atoms with E-state index in [9.17, 15) is 4.79 Å². The standard InChI is InChI=1S/C24H27N3O2/c1-3-17-5-6-19-15-27(16-23(17)19)22-13-11-21(12-14-22)26-25-20-9-7-18(8-10-20)24(28)29-4-2/h3,7-14,17,19,23H,1,4-6,15-16H2,2H3. The van der Waals surface area contributed by atoms with Gasteiger partial charge in [-0.15, -0.1) is 6.58 Å². The Bertz CT molecular complexity index is 889. The number of azo groups is 1. The van der Waals surface area contributed by atoms with Crippen LogP contribution in [0.2, 0.25) is 0 Å². The zero-order valence-electron chi connectivity index (χ0n) is 16.8. The van der Waals surface area contributed by atoms with Crippen molar-refractivity contribution in [2.75, 3.05) is 24.6 Å². The van der Waals surface area contributed by atoms with Gasteiger partial charge in [-0.1, -0.05) is 6.08 Å². The van der Waals surface area contributed by atoms with Crippen LogP contribution in [0, 0.1) is 17.8 Å². The van der Waals surface area contributed by atoms with Crippen LogP contribution in [0.5, 0.6) is 0 Å². The summed E-state index contributed by atoms with van der Waals surface area (Å²) in [5, 5.41) is 8.58. The van der Waals surface area contributed by atoms with E-state index in [-0.39, 0.29) is 5.97 Å². The van der Waals surface area contributed by atoms with Gasteiger partial charge in [-0.25, -0.2) is 4.79 Å². The molecule has 29 heavy (non-hydrogen) atoms. The maximum Gasteiger partial charge on any atom is 0.338 e. The van der Waals surface area contributed by atoms with Gasteiger partial charge in [0.2, 0.25) is 0 Å². The monoisotopic (exact) mass is 389 g/mol. The Balaban J connectivity index is 1.37. The number of rotatable bonds is 6. The van der Waals surface area contributed by atoms with E-state index in [1.165, 1.54) is 18.5 Å². The summed E-state index contributed by atoms with van der Waals surface area (Å²) < 4.78 is 4.98. The molecule has 2 aromatic rings. The zero-order chi connectivity index (χ0) is 20.2. The Morgan fingerprint density at radius 2 is 1.72 bits per heavy atom. The van der Waals surface area contributed by atoms with Gasteiger partial charge in [0.25, 0.3) is 0 Å². The summed E-state index contributed by atoms with van der Waals surface area (Å²) in [7, 11) is 0. The maximum atomic E-state index is 11.7. The fourth-order valence-corrected chi connectivity index (χ4v) is 4.54. The normalized spacial score (nSPS) is 23.3. The van der Waals surface area contributed by atoms with E-state index in [0.717, 1.165) is 30.6 Å². The van der Waals surface area contributed by atoms with Crippen LogP contribution < -0.4 is 4.90 Å². The molecule has 0 radical (unpaired) electrons. The van der Waals surface area contributed by atoms with Gasteiger partial charge in [-0.2, -0.15) is 10.2 Å². The molecule has 3 atom stereocenters. The highest BCUT2D eigenvalue weighted by Gasteiger charge is 2.41. The molecule has 5 heteroatoms. The fraction of sp³-hybridized carbons (Fsp3) is 0.375. The molecule has 1 heterocycles.